The van der Waals surface area contributed by atoms with Crippen molar-refractivity contribution in [2.45, 2.75) is 18.9 Å². The Morgan fingerprint density at radius 1 is 1.41 bits per heavy atom. The van der Waals surface area contributed by atoms with Crippen LogP contribution in [0, 0.1) is 0 Å². The summed E-state index contributed by atoms with van der Waals surface area (Å²) in [5.41, 5.74) is 6.52. The lowest BCUT2D eigenvalue weighted by Gasteiger charge is -2.29. The molecule has 1 aliphatic heterocycles. The third kappa shape index (κ3) is 3.53. The lowest BCUT2D eigenvalue weighted by atomic mass is 10.0. The van der Waals surface area contributed by atoms with Crippen LogP contribution in [0.25, 0.3) is 0 Å². The SMILES string of the molecule is NC1CCN(CC(=O)c2cccc(Cl)c2)CC1. The Morgan fingerprint density at radius 3 is 2.76 bits per heavy atom. The van der Waals surface area contributed by atoms with Gasteiger partial charge < -0.3 is 5.73 Å². The summed E-state index contributed by atoms with van der Waals surface area (Å²) in [5.74, 6) is 0.128. The summed E-state index contributed by atoms with van der Waals surface area (Å²) in [5, 5.41) is 0.608. The Bertz CT molecular complexity index is 400. The standard InChI is InChI=1S/C13H17ClN2O/c14-11-3-1-2-10(8-11)13(17)9-16-6-4-12(15)5-7-16/h1-3,8,12H,4-7,9,15H2. The molecule has 3 nitrogen and oxygen atoms in total. The Hall–Kier alpha value is -0.900. The number of Topliss-reactive ketones (excluding diaryl/α,β-unsaturated/α-hetero) is 1. The number of hydrogen-bond acceptors (Lipinski definition) is 3. The van der Waals surface area contributed by atoms with E-state index in [0.717, 1.165) is 25.9 Å². The Balaban J connectivity index is 1.93. The summed E-state index contributed by atoms with van der Waals surface area (Å²) >= 11 is 5.87. The zero-order chi connectivity index (χ0) is 12.3. The normalized spacial score (nSPS) is 18.2. The number of hydrogen-bond donors (Lipinski definition) is 1. The average Bonchev–Trinajstić information content (AvgIpc) is 2.32. The van der Waals surface area contributed by atoms with Gasteiger partial charge in [-0.1, -0.05) is 23.7 Å². The van der Waals surface area contributed by atoms with Crippen LogP contribution >= 0.6 is 11.6 Å². The number of likely N-dealkylation sites (tertiary alicyclic amines) is 1. The molecule has 4 heteroatoms. The van der Waals surface area contributed by atoms with Gasteiger partial charge in [0.25, 0.3) is 0 Å². The lowest BCUT2D eigenvalue weighted by Crippen LogP contribution is -2.41. The van der Waals surface area contributed by atoms with Crippen LogP contribution in [0.1, 0.15) is 23.2 Å². The van der Waals surface area contributed by atoms with E-state index in [1.807, 2.05) is 12.1 Å². The fourth-order valence-electron chi connectivity index (χ4n) is 2.07. The Labute approximate surface area is 107 Å². The van der Waals surface area contributed by atoms with Crippen molar-refractivity contribution >= 4 is 17.4 Å². The summed E-state index contributed by atoms with van der Waals surface area (Å²) < 4.78 is 0. The summed E-state index contributed by atoms with van der Waals surface area (Å²) in [6.45, 7) is 2.29. The maximum absolute atomic E-state index is 12.0. The smallest absolute Gasteiger partial charge is 0.176 e. The topological polar surface area (TPSA) is 46.3 Å². The number of halogens is 1. The maximum atomic E-state index is 12.0. The van der Waals surface area contributed by atoms with E-state index in [0.29, 0.717) is 23.2 Å². The summed E-state index contributed by atoms with van der Waals surface area (Å²) in [7, 11) is 0. The minimum atomic E-state index is 0.128. The van der Waals surface area contributed by atoms with Gasteiger partial charge in [-0.25, -0.2) is 0 Å². The van der Waals surface area contributed by atoms with Crippen molar-refractivity contribution < 1.29 is 4.79 Å². The maximum Gasteiger partial charge on any atom is 0.176 e. The molecule has 17 heavy (non-hydrogen) atoms. The number of nitrogens with two attached hydrogens (primary N) is 1. The highest BCUT2D eigenvalue weighted by Crippen LogP contribution is 2.13. The average molecular weight is 253 g/mol. The summed E-state index contributed by atoms with van der Waals surface area (Å²) in [6, 6.07) is 7.41. The molecule has 0 spiro atoms. The second kappa shape index (κ2) is 5.63. The van der Waals surface area contributed by atoms with Crippen molar-refractivity contribution in [2.75, 3.05) is 19.6 Å². The lowest BCUT2D eigenvalue weighted by molar-refractivity contribution is 0.0910. The Morgan fingerprint density at radius 2 is 2.12 bits per heavy atom. The number of benzene rings is 1. The van der Waals surface area contributed by atoms with Gasteiger partial charge in [-0.2, -0.15) is 0 Å². The molecule has 2 rings (SSSR count). The predicted molar refractivity (Wildman–Crippen MR) is 69.4 cm³/mol. The number of nitrogens with zero attached hydrogens (tertiary/aromatic N) is 1. The van der Waals surface area contributed by atoms with E-state index >= 15 is 0 Å². The molecule has 0 aromatic heterocycles. The van der Waals surface area contributed by atoms with Gasteiger partial charge in [-0.15, -0.1) is 0 Å². The first kappa shape index (κ1) is 12.6. The van der Waals surface area contributed by atoms with Gasteiger partial charge in [-0.3, -0.25) is 9.69 Å². The van der Waals surface area contributed by atoms with E-state index in [-0.39, 0.29) is 5.78 Å². The molecule has 0 amide bonds. The van der Waals surface area contributed by atoms with E-state index in [4.69, 9.17) is 17.3 Å². The molecule has 0 atom stereocenters. The van der Waals surface area contributed by atoms with Gasteiger partial charge in [0, 0.05) is 29.7 Å². The fraction of sp³-hybridized carbons (Fsp3) is 0.462. The molecule has 1 aromatic carbocycles. The van der Waals surface area contributed by atoms with Gasteiger partial charge in [0.1, 0.15) is 0 Å². The minimum Gasteiger partial charge on any atom is -0.328 e. The molecule has 0 aliphatic carbocycles. The van der Waals surface area contributed by atoms with E-state index in [1.165, 1.54) is 0 Å². The largest absolute Gasteiger partial charge is 0.328 e. The van der Waals surface area contributed by atoms with Crippen molar-refractivity contribution in [1.82, 2.24) is 4.90 Å². The summed E-state index contributed by atoms with van der Waals surface area (Å²) in [6.07, 6.45) is 1.95. The molecule has 1 fully saturated rings. The van der Waals surface area contributed by atoms with Crippen LogP contribution in [-0.4, -0.2) is 36.4 Å². The number of ketones is 1. The number of carbonyl (C=O) groups excluding carboxylic acids is 1. The number of piperidine rings is 1. The third-order valence-corrected chi connectivity index (χ3v) is 3.38. The van der Waals surface area contributed by atoms with Crippen LogP contribution in [-0.2, 0) is 0 Å². The van der Waals surface area contributed by atoms with Gasteiger partial charge in [0.15, 0.2) is 5.78 Å². The highest BCUT2D eigenvalue weighted by atomic mass is 35.5. The quantitative estimate of drug-likeness (QED) is 0.837. The second-order valence-corrected chi connectivity index (χ2v) is 4.98. The molecule has 1 heterocycles. The molecule has 0 unspecified atom stereocenters. The molecule has 2 N–H and O–H groups in total. The highest BCUT2D eigenvalue weighted by molar-refractivity contribution is 6.31. The van der Waals surface area contributed by atoms with Crippen molar-refractivity contribution in [3.63, 3.8) is 0 Å². The van der Waals surface area contributed by atoms with Gasteiger partial charge in [0.05, 0.1) is 6.54 Å². The Kier molecular flexibility index (Phi) is 4.15. The fourth-order valence-corrected chi connectivity index (χ4v) is 2.26. The third-order valence-electron chi connectivity index (χ3n) is 3.15. The first-order valence-electron chi connectivity index (χ1n) is 5.92. The molecule has 1 saturated heterocycles. The molecule has 92 valence electrons. The zero-order valence-electron chi connectivity index (χ0n) is 9.73. The van der Waals surface area contributed by atoms with Gasteiger partial charge in [-0.05, 0) is 25.0 Å². The molecule has 1 aromatic rings. The van der Waals surface area contributed by atoms with E-state index < -0.39 is 0 Å². The van der Waals surface area contributed by atoms with Crippen LogP contribution in [0.5, 0.6) is 0 Å². The van der Waals surface area contributed by atoms with E-state index in [2.05, 4.69) is 4.90 Å². The second-order valence-electron chi connectivity index (χ2n) is 4.55. The summed E-state index contributed by atoms with van der Waals surface area (Å²) in [4.78, 5) is 14.2. The van der Waals surface area contributed by atoms with Crippen LogP contribution in [0.15, 0.2) is 24.3 Å². The highest BCUT2D eigenvalue weighted by Gasteiger charge is 2.18. The van der Waals surface area contributed by atoms with Crippen LogP contribution in [0.4, 0.5) is 0 Å². The van der Waals surface area contributed by atoms with Crippen LogP contribution in [0.2, 0.25) is 5.02 Å². The zero-order valence-corrected chi connectivity index (χ0v) is 10.5. The molecule has 1 aliphatic rings. The first-order chi connectivity index (χ1) is 8.15. The number of carbonyl (C=O) groups is 1. The van der Waals surface area contributed by atoms with Crippen molar-refractivity contribution in [3.8, 4) is 0 Å². The van der Waals surface area contributed by atoms with E-state index in [1.54, 1.807) is 12.1 Å². The van der Waals surface area contributed by atoms with E-state index in [9.17, 15) is 4.79 Å². The van der Waals surface area contributed by atoms with Crippen molar-refractivity contribution in [2.24, 2.45) is 5.73 Å². The molecular weight excluding hydrogens is 236 g/mol. The molecule has 0 radical (unpaired) electrons. The van der Waals surface area contributed by atoms with Gasteiger partial charge >= 0.3 is 0 Å². The van der Waals surface area contributed by atoms with Crippen molar-refractivity contribution in [3.05, 3.63) is 34.9 Å². The minimum absolute atomic E-state index is 0.128. The number of rotatable bonds is 3. The molecule has 0 bridgehead atoms. The predicted octanol–water partition coefficient (Wildman–Crippen LogP) is 1.95. The first-order valence-corrected chi connectivity index (χ1v) is 6.29. The van der Waals surface area contributed by atoms with Gasteiger partial charge in [0.2, 0.25) is 0 Å². The molecular formula is C13H17ClN2O. The molecule has 0 saturated carbocycles. The monoisotopic (exact) mass is 252 g/mol. The van der Waals surface area contributed by atoms with Crippen molar-refractivity contribution in [1.29, 1.82) is 0 Å². The van der Waals surface area contributed by atoms with Crippen LogP contribution < -0.4 is 5.73 Å². The van der Waals surface area contributed by atoms with Crippen LogP contribution in [0.3, 0.4) is 0 Å².